The Bertz CT molecular complexity index is 1300. The molecule has 2 aromatic carbocycles. The van der Waals surface area contributed by atoms with Gasteiger partial charge in [0, 0.05) is 37.7 Å². The molecule has 0 spiro atoms. The maximum atomic E-state index is 15.2. The molecule has 1 unspecified atom stereocenters. The van der Waals surface area contributed by atoms with Gasteiger partial charge in [0.25, 0.3) is 5.91 Å². The van der Waals surface area contributed by atoms with Crippen molar-refractivity contribution in [3.63, 3.8) is 0 Å². The summed E-state index contributed by atoms with van der Waals surface area (Å²) in [5.41, 5.74) is 1.34. The highest BCUT2D eigenvalue weighted by molar-refractivity contribution is 7.17. The van der Waals surface area contributed by atoms with Crippen LogP contribution >= 0.6 is 11.3 Å². The van der Waals surface area contributed by atoms with E-state index in [1.165, 1.54) is 22.3 Å². The topological polar surface area (TPSA) is 62.3 Å². The highest BCUT2D eigenvalue weighted by Crippen LogP contribution is 2.32. The van der Waals surface area contributed by atoms with E-state index in [-0.39, 0.29) is 18.0 Å². The van der Waals surface area contributed by atoms with Crippen LogP contribution in [-0.2, 0) is 4.74 Å². The van der Waals surface area contributed by atoms with Crippen molar-refractivity contribution in [1.29, 1.82) is 0 Å². The Morgan fingerprint density at radius 2 is 1.76 bits per heavy atom. The molecule has 0 aliphatic carbocycles. The Labute approximate surface area is 227 Å². The number of carbonyl (C=O) groups excluding carboxylic acids is 2. The van der Waals surface area contributed by atoms with Crippen LogP contribution in [0.4, 0.5) is 20.6 Å². The quantitative estimate of drug-likeness (QED) is 0.369. The maximum absolute atomic E-state index is 15.2. The lowest BCUT2D eigenvalue weighted by Crippen LogP contribution is -2.42. The highest BCUT2D eigenvalue weighted by atomic mass is 32.1. The van der Waals surface area contributed by atoms with E-state index >= 15 is 4.39 Å². The molecule has 0 saturated carbocycles. The summed E-state index contributed by atoms with van der Waals surface area (Å²) in [4.78, 5) is 32.1. The van der Waals surface area contributed by atoms with Gasteiger partial charge in [-0.25, -0.2) is 9.18 Å². The van der Waals surface area contributed by atoms with Gasteiger partial charge in [0.2, 0.25) is 0 Å². The van der Waals surface area contributed by atoms with Crippen molar-refractivity contribution in [3.05, 3.63) is 65.3 Å². The fourth-order valence-corrected chi connectivity index (χ4v) is 5.35. The number of likely N-dealkylation sites (N-methyl/N-ethyl adjacent to an activating group) is 1. The van der Waals surface area contributed by atoms with Crippen LogP contribution < -0.4 is 14.5 Å². The third-order valence-corrected chi connectivity index (χ3v) is 7.67. The van der Waals surface area contributed by atoms with Crippen molar-refractivity contribution < 1.29 is 23.5 Å². The van der Waals surface area contributed by atoms with Crippen molar-refractivity contribution in [2.24, 2.45) is 0 Å². The summed E-state index contributed by atoms with van der Waals surface area (Å²) in [6, 6.07) is 16.1. The minimum Gasteiger partial charge on any atom is -0.497 e. The molecule has 0 N–H and O–H groups in total. The maximum Gasteiger partial charge on any atom is 0.410 e. The number of carbonyl (C=O) groups is 2. The summed E-state index contributed by atoms with van der Waals surface area (Å²) in [5, 5.41) is 0. The summed E-state index contributed by atoms with van der Waals surface area (Å²) < 4.78 is 25.9. The lowest BCUT2D eigenvalue weighted by atomic mass is 10.2. The van der Waals surface area contributed by atoms with Crippen LogP contribution in [0.3, 0.4) is 0 Å². The first-order chi connectivity index (χ1) is 18.0. The van der Waals surface area contributed by atoms with E-state index in [1.54, 1.807) is 44.3 Å². The van der Waals surface area contributed by atoms with E-state index in [2.05, 4.69) is 0 Å². The molecule has 4 rings (SSSR count). The lowest BCUT2D eigenvalue weighted by Gasteiger charge is -2.29. The van der Waals surface area contributed by atoms with E-state index in [1.807, 2.05) is 56.0 Å². The smallest absolute Gasteiger partial charge is 0.410 e. The molecule has 9 heteroatoms. The Morgan fingerprint density at radius 3 is 2.39 bits per heavy atom. The van der Waals surface area contributed by atoms with Crippen LogP contribution in [0.1, 0.15) is 36.9 Å². The second kappa shape index (κ2) is 11.0. The summed E-state index contributed by atoms with van der Waals surface area (Å²) in [5.74, 6) is 0.154. The summed E-state index contributed by atoms with van der Waals surface area (Å²) in [6.45, 7) is 6.61. The number of halogens is 1. The number of methoxy groups -OCH3 is 1. The molecule has 1 aliphatic heterocycles. The van der Waals surface area contributed by atoms with E-state index in [0.29, 0.717) is 35.8 Å². The van der Waals surface area contributed by atoms with Gasteiger partial charge in [-0.2, -0.15) is 0 Å². The fourth-order valence-electron chi connectivity index (χ4n) is 4.37. The van der Waals surface area contributed by atoms with Gasteiger partial charge in [-0.3, -0.25) is 4.79 Å². The molecule has 3 aromatic rings. The average molecular weight is 540 g/mol. The molecule has 1 aromatic heterocycles. The number of rotatable bonds is 6. The monoisotopic (exact) mass is 539 g/mol. The molecule has 0 bridgehead atoms. The van der Waals surface area contributed by atoms with E-state index < -0.39 is 11.4 Å². The third kappa shape index (κ3) is 6.10. The second-order valence-corrected chi connectivity index (χ2v) is 11.5. The minimum absolute atomic E-state index is 0.0769. The Morgan fingerprint density at radius 1 is 1.05 bits per heavy atom. The van der Waals surface area contributed by atoms with Gasteiger partial charge >= 0.3 is 6.09 Å². The van der Waals surface area contributed by atoms with Crippen LogP contribution in [0, 0.1) is 5.82 Å². The number of anilines is 2. The number of amides is 2. The van der Waals surface area contributed by atoms with Gasteiger partial charge in [-0.1, -0.05) is 0 Å². The zero-order valence-electron chi connectivity index (χ0n) is 22.7. The molecule has 1 fully saturated rings. The van der Waals surface area contributed by atoms with Crippen molar-refractivity contribution >= 4 is 34.7 Å². The molecule has 38 heavy (non-hydrogen) atoms. The van der Waals surface area contributed by atoms with Gasteiger partial charge in [-0.15, -0.1) is 11.3 Å². The molecule has 2 heterocycles. The van der Waals surface area contributed by atoms with E-state index in [4.69, 9.17) is 9.47 Å². The lowest BCUT2D eigenvalue weighted by molar-refractivity contribution is 0.0237. The van der Waals surface area contributed by atoms with Crippen LogP contribution in [0.2, 0.25) is 0 Å². The Hall–Kier alpha value is -3.59. The van der Waals surface area contributed by atoms with Gasteiger partial charge in [0.1, 0.15) is 17.2 Å². The van der Waals surface area contributed by atoms with Crippen molar-refractivity contribution in [1.82, 2.24) is 4.90 Å². The Balaban J connectivity index is 1.42. The van der Waals surface area contributed by atoms with Crippen LogP contribution in [0.25, 0.3) is 10.4 Å². The number of hydrogen-bond donors (Lipinski definition) is 0. The molecule has 7 nitrogen and oxygen atoms in total. The van der Waals surface area contributed by atoms with Gasteiger partial charge in [0.15, 0.2) is 0 Å². The van der Waals surface area contributed by atoms with E-state index in [0.717, 1.165) is 16.2 Å². The summed E-state index contributed by atoms with van der Waals surface area (Å²) in [6.07, 6.45) is 0.327. The summed E-state index contributed by atoms with van der Waals surface area (Å²) >= 11 is 1.39. The van der Waals surface area contributed by atoms with Crippen LogP contribution in [0.15, 0.2) is 54.6 Å². The zero-order chi connectivity index (χ0) is 27.6. The summed E-state index contributed by atoms with van der Waals surface area (Å²) in [7, 11) is 4.98. The molecule has 2 amide bonds. The first-order valence-corrected chi connectivity index (χ1v) is 13.3. The number of hydrogen-bond acceptors (Lipinski definition) is 6. The normalized spacial score (nSPS) is 15.3. The molecular weight excluding hydrogens is 505 g/mol. The molecule has 1 atom stereocenters. The Kier molecular flexibility index (Phi) is 7.97. The van der Waals surface area contributed by atoms with Crippen LogP contribution in [0.5, 0.6) is 5.75 Å². The number of thiophene rings is 1. The van der Waals surface area contributed by atoms with Gasteiger partial charge in [-0.05, 0) is 87.4 Å². The van der Waals surface area contributed by atoms with Crippen molar-refractivity contribution in [2.75, 3.05) is 44.1 Å². The van der Waals surface area contributed by atoms with Crippen molar-refractivity contribution in [2.45, 2.75) is 38.8 Å². The minimum atomic E-state index is -0.574. The van der Waals surface area contributed by atoms with E-state index in [9.17, 15) is 9.59 Å². The first-order valence-electron chi connectivity index (χ1n) is 12.5. The fraction of sp³-hybridized carbons (Fsp3) is 0.379. The molecular formula is C29H34FN3O4S. The SMILES string of the molecule is COc1ccc(-c2ccc(C(=O)N(C)c3ccc(N4CCC(N(C)C(=O)OC(C)(C)C)C4)c(F)c3)s2)cc1. The molecule has 1 saturated heterocycles. The number of benzene rings is 2. The van der Waals surface area contributed by atoms with Gasteiger partial charge in [0.05, 0.1) is 23.7 Å². The van der Waals surface area contributed by atoms with Crippen molar-refractivity contribution in [3.8, 4) is 16.2 Å². The van der Waals surface area contributed by atoms with Gasteiger partial charge < -0.3 is 24.2 Å². The predicted octanol–water partition coefficient (Wildman–Crippen LogP) is 6.29. The standard InChI is InChI=1S/C29H34FN3O4S/c1-29(2,3)37-28(35)32(5)21-15-16-33(18-21)24-12-9-20(17-23(24)30)31(4)27(34)26-14-13-25(38-26)19-7-10-22(36-6)11-8-19/h7-14,17,21H,15-16,18H2,1-6H3. The zero-order valence-corrected chi connectivity index (χ0v) is 23.5. The average Bonchev–Trinajstić information content (AvgIpc) is 3.57. The first kappa shape index (κ1) is 27.4. The van der Waals surface area contributed by atoms with Crippen LogP contribution in [-0.4, -0.2) is 62.8 Å². The third-order valence-electron chi connectivity index (χ3n) is 6.55. The highest BCUT2D eigenvalue weighted by Gasteiger charge is 2.32. The number of nitrogens with zero attached hydrogens (tertiary/aromatic N) is 3. The molecule has 202 valence electrons. The largest absolute Gasteiger partial charge is 0.497 e. The molecule has 1 aliphatic rings. The molecule has 0 radical (unpaired) electrons. The predicted molar refractivity (Wildman–Crippen MR) is 150 cm³/mol. The second-order valence-electron chi connectivity index (χ2n) is 10.4. The number of ether oxygens (including phenoxy) is 2.